The van der Waals surface area contributed by atoms with E-state index in [1.165, 1.54) is 16.9 Å². The Labute approximate surface area is 249 Å². The zero-order valence-corrected chi connectivity index (χ0v) is 24.6. The van der Waals surface area contributed by atoms with Gasteiger partial charge in [-0.05, 0) is 56.2 Å². The van der Waals surface area contributed by atoms with Gasteiger partial charge in [-0.15, -0.1) is 0 Å². The molecule has 4 aromatic rings. The maximum atomic E-state index is 12.6. The number of rotatable bonds is 5. The third-order valence-corrected chi connectivity index (χ3v) is 8.24. The molecule has 10 nitrogen and oxygen atoms in total. The number of aliphatic carboxylic acids is 1. The van der Waals surface area contributed by atoms with Gasteiger partial charge in [-0.25, -0.2) is 9.78 Å². The van der Waals surface area contributed by atoms with Gasteiger partial charge in [-0.1, -0.05) is 23.5 Å². The summed E-state index contributed by atoms with van der Waals surface area (Å²) in [4.78, 5) is 29.5. The standard InChI is InChI=1S/C27H30N6O2S.C2HF3O2/c1-27(2)14-22-24(25(34)31-27)36-26(30-22)33-9-10-35-16-21(33)12-17-5-4-6-19(11-17)29-20-8-7-18-15-28-32(3)23(18)13-20;3-2(4,5)1(6)7/h4-8,11,13,15,21,29H,9-10,12,14,16H2,1-3H3,(H,31,34);(H,6,7). The number of benzene rings is 2. The van der Waals surface area contributed by atoms with Crippen molar-refractivity contribution >= 4 is 50.6 Å². The van der Waals surface area contributed by atoms with E-state index >= 15 is 0 Å². The highest BCUT2D eigenvalue weighted by atomic mass is 32.1. The van der Waals surface area contributed by atoms with Crippen LogP contribution in [0, 0.1) is 0 Å². The van der Waals surface area contributed by atoms with E-state index < -0.39 is 12.1 Å². The molecule has 2 aliphatic rings. The number of carboxylic acid groups (broad SMARTS) is 1. The van der Waals surface area contributed by atoms with Crippen LogP contribution >= 0.6 is 11.3 Å². The molecule has 6 rings (SSSR count). The first-order valence-corrected chi connectivity index (χ1v) is 14.4. The average molecular weight is 617 g/mol. The largest absolute Gasteiger partial charge is 0.490 e. The van der Waals surface area contributed by atoms with E-state index in [-0.39, 0.29) is 17.5 Å². The monoisotopic (exact) mass is 616 g/mol. The summed E-state index contributed by atoms with van der Waals surface area (Å²) >= 11 is 1.50. The predicted octanol–water partition coefficient (Wildman–Crippen LogP) is 4.92. The molecule has 0 radical (unpaired) electrons. The lowest BCUT2D eigenvalue weighted by Crippen LogP contribution is -2.48. The van der Waals surface area contributed by atoms with Crippen molar-refractivity contribution in [1.29, 1.82) is 0 Å². The van der Waals surface area contributed by atoms with Crippen LogP contribution in [-0.4, -0.2) is 69.3 Å². The molecule has 1 atom stereocenters. The van der Waals surface area contributed by atoms with Crippen LogP contribution in [0.1, 0.15) is 34.8 Å². The van der Waals surface area contributed by atoms with Gasteiger partial charge in [0.2, 0.25) is 0 Å². The van der Waals surface area contributed by atoms with Crippen LogP contribution < -0.4 is 15.5 Å². The molecule has 0 bridgehead atoms. The van der Waals surface area contributed by atoms with Crippen LogP contribution in [0.15, 0.2) is 48.7 Å². The summed E-state index contributed by atoms with van der Waals surface area (Å²) in [5.74, 6) is -2.77. The number of halogens is 3. The predicted molar refractivity (Wildman–Crippen MR) is 157 cm³/mol. The minimum absolute atomic E-state index is 0.0158. The highest BCUT2D eigenvalue weighted by Crippen LogP contribution is 2.34. The zero-order chi connectivity index (χ0) is 30.9. The van der Waals surface area contributed by atoms with E-state index in [1.807, 2.05) is 31.8 Å². The molecule has 0 aliphatic carbocycles. The first-order valence-electron chi connectivity index (χ1n) is 13.5. The van der Waals surface area contributed by atoms with Crippen LogP contribution in [0.4, 0.5) is 29.7 Å². The van der Waals surface area contributed by atoms with Gasteiger partial charge in [0.25, 0.3) is 5.91 Å². The summed E-state index contributed by atoms with van der Waals surface area (Å²) in [6.45, 7) is 6.15. The van der Waals surface area contributed by atoms with Gasteiger partial charge in [-0.3, -0.25) is 9.48 Å². The van der Waals surface area contributed by atoms with Crippen molar-refractivity contribution in [3.63, 3.8) is 0 Å². The number of nitrogens with one attached hydrogen (secondary N) is 2. The zero-order valence-electron chi connectivity index (χ0n) is 23.7. The molecule has 2 aromatic heterocycles. The summed E-state index contributed by atoms with van der Waals surface area (Å²) < 4.78 is 39.5. The fourth-order valence-corrected chi connectivity index (χ4v) is 6.17. The molecule has 0 spiro atoms. The highest BCUT2D eigenvalue weighted by Gasteiger charge is 2.38. The van der Waals surface area contributed by atoms with Gasteiger partial charge in [0.15, 0.2) is 5.13 Å². The molecule has 1 unspecified atom stereocenters. The molecule has 1 saturated heterocycles. The second-order valence-corrected chi connectivity index (χ2v) is 12.1. The van der Waals surface area contributed by atoms with Crippen molar-refractivity contribution in [2.45, 2.75) is 44.4 Å². The molecule has 0 saturated carbocycles. The van der Waals surface area contributed by atoms with Crippen LogP contribution in [0.3, 0.4) is 0 Å². The molecule has 1 amide bonds. The van der Waals surface area contributed by atoms with Crippen LogP contribution in [0.5, 0.6) is 0 Å². The van der Waals surface area contributed by atoms with E-state index in [0.717, 1.165) is 57.4 Å². The molecule has 14 heteroatoms. The number of carboxylic acids is 1. The lowest BCUT2D eigenvalue weighted by Gasteiger charge is -2.35. The fraction of sp³-hybridized carbons (Fsp3) is 0.379. The first-order chi connectivity index (χ1) is 20.3. The summed E-state index contributed by atoms with van der Waals surface area (Å²) in [7, 11) is 1.96. The number of anilines is 3. The van der Waals surface area contributed by atoms with Crippen molar-refractivity contribution in [3.8, 4) is 0 Å². The maximum absolute atomic E-state index is 12.6. The van der Waals surface area contributed by atoms with Crippen molar-refractivity contribution in [1.82, 2.24) is 20.1 Å². The number of hydrogen-bond acceptors (Lipinski definition) is 8. The van der Waals surface area contributed by atoms with Gasteiger partial charge in [0.1, 0.15) is 4.88 Å². The SMILES string of the molecule is Cn1ncc2ccc(Nc3cccc(CC4COCCN4c4nc5c(s4)C(=O)NC(C)(C)C5)c3)cc21.O=C(O)C(F)(F)F. The molecular formula is C29H31F3N6O4S. The number of fused-ring (bicyclic) bond motifs is 2. The lowest BCUT2D eigenvalue weighted by molar-refractivity contribution is -0.192. The van der Waals surface area contributed by atoms with Crippen molar-refractivity contribution < 1.29 is 32.6 Å². The number of thiazole rings is 1. The Hall–Kier alpha value is -4.17. The lowest BCUT2D eigenvalue weighted by atomic mass is 9.94. The van der Waals surface area contributed by atoms with E-state index in [0.29, 0.717) is 13.2 Å². The number of aromatic nitrogens is 3. The Morgan fingerprint density at radius 2 is 1.98 bits per heavy atom. The second-order valence-electron chi connectivity index (χ2n) is 11.1. The quantitative estimate of drug-likeness (QED) is 0.289. The number of nitrogens with zero attached hydrogens (tertiary/aromatic N) is 4. The van der Waals surface area contributed by atoms with Crippen molar-refractivity contribution in [3.05, 3.63) is 64.8 Å². The second kappa shape index (κ2) is 11.8. The molecule has 1 fully saturated rings. The average Bonchev–Trinajstić information content (AvgIpc) is 3.52. The Morgan fingerprint density at radius 3 is 2.72 bits per heavy atom. The van der Waals surface area contributed by atoms with Gasteiger partial charge >= 0.3 is 12.1 Å². The van der Waals surface area contributed by atoms with E-state index in [1.54, 1.807) is 0 Å². The van der Waals surface area contributed by atoms with Gasteiger partial charge < -0.3 is 25.4 Å². The molecular weight excluding hydrogens is 585 g/mol. The Kier molecular flexibility index (Phi) is 8.34. The topological polar surface area (TPSA) is 122 Å². The van der Waals surface area contributed by atoms with E-state index in [9.17, 15) is 18.0 Å². The maximum Gasteiger partial charge on any atom is 0.490 e. The molecule has 228 valence electrons. The number of amides is 1. The number of morpholine rings is 1. The third kappa shape index (κ3) is 7.08. The van der Waals surface area contributed by atoms with Crippen LogP contribution in [-0.2, 0) is 29.4 Å². The Balaban J connectivity index is 0.000000472. The van der Waals surface area contributed by atoms with Gasteiger partial charge in [-0.2, -0.15) is 18.3 Å². The summed E-state index contributed by atoms with van der Waals surface area (Å²) in [5.41, 5.74) is 5.03. The van der Waals surface area contributed by atoms with Crippen molar-refractivity contribution in [2.75, 3.05) is 30.0 Å². The summed E-state index contributed by atoms with van der Waals surface area (Å²) in [6, 6.07) is 15.0. The highest BCUT2D eigenvalue weighted by molar-refractivity contribution is 7.17. The van der Waals surface area contributed by atoms with Crippen molar-refractivity contribution in [2.24, 2.45) is 7.05 Å². The fourth-order valence-electron chi connectivity index (χ4n) is 5.10. The number of ether oxygens (including phenoxy) is 1. The first kappa shape index (κ1) is 30.3. The minimum Gasteiger partial charge on any atom is -0.475 e. The minimum atomic E-state index is -5.08. The summed E-state index contributed by atoms with van der Waals surface area (Å²) in [5, 5.41) is 20.1. The van der Waals surface area contributed by atoms with E-state index in [4.69, 9.17) is 19.6 Å². The summed E-state index contributed by atoms with van der Waals surface area (Å²) in [6.07, 6.45) is -1.62. The molecule has 43 heavy (non-hydrogen) atoms. The molecule has 3 N–H and O–H groups in total. The Morgan fingerprint density at radius 1 is 1.23 bits per heavy atom. The number of aryl methyl sites for hydroxylation is 1. The number of hydrogen-bond donors (Lipinski definition) is 3. The molecule has 4 heterocycles. The third-order valence-electron chi connectivity index (χ3n) is 7.11. The van der Waals surface area contributed by atoms with Gasteiger partial charge in [0, 0.05) is 42.3 Å². The van der Waals surface area contributed by atoms with E-state index in [2.05, 4.69) is 63.1 Å². The molecule has 2 aromatic carbocycles. The number of carbonyl (C=O) groups excluding carboxylic acids is 1. The smallest absolute Gasteiger partial charge is 0.475 e. The normalized spacial score (nSPS) is 18.0. The van der Waals surface area contributed by atoms with Crippen LogP contribution in [0.2, 0.25) is 0 Å². The number of carbonyl (C=O) groups is 2. The van der Waals surface area contributed by atoms with Gasteiger partial charge in [0.05, 0.1) is 36.7 Å². The number of alkyl halides is 3. The van der Waals surface area contributed by atoms with Crippen LogP contribution in [0.25, 0.3) is 10.9 Å². The molecule has 2 aliphatic heterocycles. The Bertz CT molecular complexity index is 1650.